The molecular weight excluding hydrogens is 244 g/mol. The molecule has 0 fully saturated rings. The zero-order chi connectivity index (χ0) is 13.4. The Kier molecular flexibility index (Phi) is 2.72. The van der Waals surface area contributed by atoms with E-state index in [-0.39, 0.29) is 0 Å². The fourth-order valence-corrected chi connectivity index (χ4v) is 2.14. The molecule has 0 aliphatic heterocycles. The number of H-pyrrole nitrogens is 1. The van der Waals surface area contributed by atoms with Gasteiger partial charge < -0.3 is 14.3 Å². The number of oxazole rings is 1. The van der Waals surface area contributed by atoms with E-state index < -0.39 is 5.76 Å². The Morgan fingerprint density at radius 2 is 2.32 bits per heavy atom. The highest BCUT2D eigenvalue weighted by atomic mass is 16.4. The van der Waals surface area contributed by atoms with Gasteiger partial charge in [0, 0.05) is 12.6 Å². The standard InChI is InChI=1S/C13H14N4O2/c1-14-7-12-15-6-10(17(12)2)8-3-4-9-11(5-8)19-13(18)16-9/h3-6,14H,7H2,1-2H3,(H,16,18). The second-order valence-corrected chi connectivity index (χ2v) is 4.37. The summed E-state index contributed by atoms with van der Waals surface area (Å²) in [5, 5.41) is 3.07. The fraction of sp³-hybridized carbons (Fsp3) is 0.231. The van der Waals surface area contributed by atoms with Crippen molar-refractivity contribution in [1.29, 1.82) is 0 Å². The molecule has 2 N–H and O–H groups in total. The predicted molar refractivity (Wildman–Crippen MR) is 71.8 cm³/mol. The number of aromatic amines is 1. The van der Waals surface area contributed by atoms with E-state index in [1.165, 1.54) is 0 Å². The molecule has 0 radical (unpaired) electrons. The summed E-state index contributed by atoms with van der Waals surface area (Å²) >= 11 is 0. The Morgan fingerprint density at radius 3 is 3.11 bits per heavy atom. The Bertz CT molecular complexity index is 781. The Balaban J connectivity index is 2.10. The number of hydrogen-bond donors (Lipinski definition) is 2. The van der Waals surface area contributed by atoms with Crippen molar-refractivity contribution in [1.82, 2.24) is 19.9 Å². The second kappa shape index (κ2) is 4.40. The van der Waals surface area contributed by atoms with Gasteiger partial charge in [0.05, 0.1) is 24.0 Å². The SMILES string of the molecule is CNCc1ncc(-c2ccc3[nH]c(=O)oc3c2)n1C. The van der Waals surface area contributed by atoms with E-state index in [0.29, 0.717) is 17.6 Å². The predicted octanol–water partition coefficient (Wildman–Crippen LogP) is 1.24. The molecule has 0 spiro atoms. The minimum Gasteiger partial charge on any atom is -0.408 e. The largest absolute Gasteiger partial charge is 0.417 e. The average Bonchev–Trinajstić information content (AvgIpc) is 2.92. The van der Waals surface area contributed by atoms with E-state index in [1.54, 1.807) is 0 Å². The van der Waals surface area contributed by atoms with Crippen molar-refractivity contribution in [3.8, 4) is 11.3 Å². The van der Waals surface area contributed by atoms with Crippen LogP contribution in [0.5, 0.6) is 0 Å². The molecule has 3 aromatic rings. The van der Waals surface area contributed by atoms with Crippen LogP contribution in [0, 0.1) is 0 Å². The molecule has 0 saturated heterocycles. The molecule has 0 amide bonds. The van der Waals surface area contributed by atoms with Gasteiger partial charge in [-0.2, -0.15) is 0 Å². The number of fused-ring (bicyclic) bond motifs is 1. The van der Waals surface area contributed by atoms with Crippen molar-refractivity contribution >= 4 is 11.1 Å². The van der Waals surface area contributed by atoms with E-state index in [4.69, 9.17) is 4.42 Å². The summed E-state index contributed by atoms with van der Waals surface area (Å²) in [6, 6.07) is 5.61. The van der Waals surface area contributed by atoms with Crippen LogP contribution in [-0.4, -0.2) is 21.6 Å². The van der Waals surface area contributed by atoms with E-state index in [2.05, 4.69) is 15.3 Å². The third-order valence-corrected chi connectivity index (χ3v) is 3.14. The first kappa shape index (κ1) is 11.7. The summed E-state index contributed by atoms with van der Waals surface area (Å²) in [5.41, 5.74) is 3.20. The lowest BCUT2D eigenvalue weighted by atomic mass is 10.1. The summed E-state index contributed by atoms with van der Waals surface area (Å²) in [7, 11) is 3.85. The minimum absolute atomic E-state index is 0.437. The van der Waals surface area contributed by atoms with Crippen LogP contribution in [0.25, 0.3) is 22.4 Å². The molecular formula is C13H14N4O2. The van der Waals surface area contributed by atoms with Crippen LogP contribution < -0.4 is 11.1 Å². The monoisotopic (exact) mass is 258 g/mol. The van der Waals surface area contributed by atoms with Crippen LogP contribution in [-0.2, 0) is 13.6 Å². The Morgan fingerprint density at radius 1 is 1.47 bits per heavy atom. The molecule has 0 saturated carbocycles. The number of aromatic nitrogens is 3. The van der Waals surface area contributed by atoms with Crippen LogP contribution >= 0.6 is 0 Å². The molecule has 0 aliphatic rings. The maximum absolute atomic E-state index is 11.1. The summed E-state index contributed by atoms with van der Waals surface area (Å²) in [6.45, 7) is 0.706. The third kappa shape index (κ3) is 1.96. The van der Waals surface area contributed by atoms with Gasteiger partial charge in [0.25, 0.3) is 0 Å². The molecule has 2 heterocycles. The van der Waals surface area contributed by atoms with Gasteiger partial charge in [0.1, 0.15) is 5.82 Å². The van der Waals surface area contributed by atoms with Crippen LogP contribution in [0.4, 0.5) is 0 Å². The van der Waals surface area contributed by atoms with Crippen molar-refractivity contribution in [2.24, 2.45) is 7.05 Å². The number of imidazole rings is 1. The van der Waals surface area contributed by atoms with Crippen LogP contribution in [0.3, 0.4) is 0 Å². The van der Waals surface area contributed by atoms with Crippen LogP contribution in [0.15, 0.2) is 33.6 Å². The lowest BCUT2D eigenvalue weighted by molar-refractivity contribution is 0.555. The van der Waals surface area contributed by atoms with Gasteiger partial charge >= 0.3 is 5.76 Å². The van der Waals surface area contributed by atoms with Crippen molar-refractivity contribution in [3.63, 3.8) is 0 Å². The highest BCUT2D eigenvalue weighted by molar-refractivity contribution is 5.78. The molecule has 0 unspecified atom stereocenters. The van der Waals surface area contributed by atoms with Gasteiger partial charge in [-0.05, 0) is 19.2 Å². The van der Waals surface area contributed by atoms with Crippen molar-refractivity contribution in [2.45, 2.75) is 6.54 Å². The third-order valence-electron chi connectivity index (χ3n) is 3.14. The number of rotatable bonds is 3. The van der Waals surface area contributed by atoms with Crippen molar-refractivity contribution in [3.05, 3.63) is 40.8 Å². The molecule has 98 valence electrons. The zero-order valence-corrected chi connectivity index (χ0v) is 10.7. The normalized spacial score (nSPS) is 11.3. The molecule has 0 aliphatic carbocycles. The summed E-state index contributed by atoms with van der Waals surface area (Å²) < 4.78 is 7.09. The summed E-state index contributed by atoms with van der Waals surface area (Å²) in [5.74, 6) is 0.515. The van der Waals surface area contributed by atoms with Gasteiger partial charge in [-0.15, -0.1) is 0 Å². The number of benzene rings is 1. The van der Waals surface area contributed by atoms with E-state index >= 15 is 0 Å². The fourth-order valence-electron chi connectivity index (χ4n) is 2.14. The Hall–Kier alpha value is -2.34. The topological polar surface area (TPSA) is 75.8 Å². The van der Waals surface area contributed by atoms with Crippen LogP contribution in [0.2, 0.25) is 0 Å². The molecule has 19 heavy (non-hydrogen) atoms. The second-order valence-electron chi connectivity index (χ2n) is 4.37. The van der Waals surface area contributed by atoms with Gasteiger partial charge in [0.2, 0.25) is 0 Å². The smallest absolute Gasteiger partial charge is 0.408 e. The first-order valence-electron chi connectivity index (χ1n) is 5.97. The van der Waals surface area contributed by atoms with Gasteiger partial charge in [-0.1, -0.05) is 6.07 Å². The van der Waals surface area contributed by atoms with Crippen molar-refractivity contribution in [2.75, 3.05) is 7.05 Å². The van der Waals surface area contributed by atoms with Gasteiger partial charge in [0.15, 0.2) is 5.58 Å². The number of hydrogen-bond acceptors (Lipinski definition) is 4. The van der Waals surface area contributed by atoms with E-state index in [0.717, 1.165) is 17.1 Å². The molecule has 6 nitrogen and oxygen atoms in total. The number of nitrogens with one attached hydrogen (secondary N) is 2. The van der Waals surface area contributed by atoms with E-state index in [1.807, 2.05) is 43.1 Å². The lowest BCUT2D eigenvalue weighted by Crippen LogP contribution is -2.10. The highest BCUT2D eigenvalue weighted by Gasteiger charge is 2.10. The molecule has 2 aromatic heterocycles. The first-order valence-corrected chi connectivity index (χ1v) is 5.97. The molecule has 0 atom stereocenters. The molecule has 0 bridgehead atoms. The van der Waals surface area contributed by atoms with Crippen molar-refractivity contribution < 1.29 is 4.42 Å². The van der Waals surface area contributed by atoms with Gasteiger partial charge in [-0.3, -0.25) is 4.98 Å². The average molecular weight is 258 g/mol. The maximum Gasteiger partial charge on any atom is 0.417 e. The summed E-state index contributed by atoms with van der Waals surface area (Å²) in [4.78, 5) is 18.1. The van der Waals surface area contributed by atoms with E-state index in [9.17, 15) is 4.79 Å². The maximum atomic E-state index is 11.1. The number of nitrogens with zero attached hydrogens (tertiary/aromatic N) is 2. The first-order chi connectivity index (χ1) is 9.19. The zero-order valence-electron chi connectivity index (χ0n) is 10.7. The molecule has 1 aromatic carbocycles. The lowest BCUT2D eigenvalue weighted by Gasteiger charge is -2.05. The Labute approximate surface area is 109 Å². The quantitative estimate of drug-likeness (QED) is 0.741. The highest BCUT2D eigenvalue weighted by Crippen LogP contribution is 2.23. The molecule has 3 rings (SSSR count). The minimum atomic E-state index is -0.437. The van der Waals surface area contributed by atoms with Gasteiger partial charge in [-0.25, -0.2) is 9.78 Å². The molecule has 6 heteroatoms. The van der Waals surface area contributed by atoms with Crippen LogP contribution in [0.1, 0.15) is 5.82 Å². The summed E-state index contributed by atoms with van der Waals surface area (Å²) in [6.07, 6.45) is 1.82.